The van der Waals surface area contributed by atoms with Crippen LogP contribution in [0, 0.1) is 0 Å². The quantitative estimate of drug-likeness (QED) is 0.449. The topological polar surface area (TPSA) is 81.8 Å². The average Bonchev–Trinajstić information content (AvgIpc) is 2.59. The van der Waals surface area contributed by atoms with E-state index in [0.717, 1.165) is 11.8 Å². The number of benzene rings is 1. The van der Waals surface area contributed by atoms with Gasteiger partial charge in [0, 0.05) is 11.9 Å². The molecule has 0 aliphatic rings. The number of anilines is 1. The van der Waals surface area contributed by atoms with Crippen LogP contribution in [0.15, 0.2) is 41.5 Å². The van der Waals surface area contributed by atoms with Crippen LogP contribution in [0.3, 0.4) is 0 Å². The van der Waals surface area contributed by atoms with Crippen molar-refractivity contribution in [2.24, 2.45) is 10.7 Å². The first-order valence-corrected chi connectivity index (χ1v) is 7.74. The number of aliphatic imine (C=N–C) groups is 1. The van der Waals surface area contributed by atoms with Crippen molar-refractivity contribution >= 4 is 23.2 Å². The van der Waals surface area contributed by atoms with Crippen LogP contribution in [0.25, 0.3) is 0 Å². The third-order valence-corrected chi connectivity index (χ3v) is 3.38. The minimum Gasteiger partial charge on any atom is -0.497 e. The van der Waals surface area contributed by atoms with Crippen LogP contribution in [0.2, 0.25) is 5.02 Å². The van der Waals surface area contributed by atoms with Gasteiger partial charge in [0.05, 0.1) is 19.2 Å². The smallest absolute Gasteiger partial charge is 0.417 e. The van der Waals surface area contributed by atoms with Gasteiger partial charge in [0.2, 0.25) is 5.88 Å². The molecule has 0 aliphatic carbocycles. The Morgan fingerprint density at radius 3 is 2.58 bits per heavy atom. The van der Waals surface area contributed by atoms with Gasteiger partial charge in [0.1, 0.15) is 17.4 Å². The fourth-order valence-electron chi connectivity index (χ4n) is 1.86. The van der Waals surface area contributed by atoms with Gasteiger partial charge in [-0.1, -0.05) is 11.6 Å². The van der Waals surface area contributed by atoms with Crippen LogP contribution < -0.4 is 20.5 Å². The van der Waals surface area contributed by atoms with E-state index in [1.807, 2.05) is 0 Å². The lowest BCUT2D eigenvalue weighted by Gasteiger charge is -2.10. The van der Waals surface area contributed by atoms with Crippen LogP contribution in [-0.4, -0.2) is 31.2 Å². The van der Waals surface area contributed by atoms with Crippen molar-refractivity contribution < 1.29 is 22.6 Å². The highest BCUT2D eigenvalue weighted by molar-refractivity contribution is 6.31. The Morgan fingerprint density at radius 1 is 1.31 bits per heavy atom. The molecule has 0 radical (unpaired) electrons. The van der Waals surface area contributed by atoms with Crippen molar-refractivity contribution in [2.75, 3.05) is 25.6 Å². The van der Waals surface area contributed by atoms with Gasteiger partial charge in [-0.15, -0.1) is 0 Å². The second kappa shape index (κ2) is 8.61. The third-order valence-electron chi connectivity index (χ3n) is 3.11. The standard InChI is InChI=1S/C16H16ClF3N4O2/c1-25-12-4-2-11(3-5-12)24-15(21)22-6-7-26-14-13(17)8-10(9-23-14)16(18,19)20/h2-5,8-9H,6-7H2,1H3,(H3,21,22,24). The van der Waals surface area contributed by atoms with E-state index in [-0.39, 0.29) is 30.0 Å². The lowest BCUT2D eigenvalue weighted by atomic mass is 10.3. The normalized spacial score (nSPS) is 12.0. The Morgan fingerprint density at radius 2 is 2.00 bits per heavy atom. The summed E-state index contributed by atoms with van der Waals surface area (Å²) in [5, 5.41) is 2.65. The molecule has 10 heteroatoms. The van der Waals surface area contributed by atoms with Crippen molar-refractivity contribution in [3.63, 3.8) is 0 Å². The molecule has 0 bridgehead atoms. The zero-order valence-electron chi connectivity index (χ0n) is 13.7. The van der Waals surface area contributed by atoms with Crippen LogP contribution >= 0.6 is 11.6 Å². The monoisotopic (exact) mass is 388 g/mol. The summed E-state index contributed by atoms with van der Waals surface area (Å²) in [6, 6.07) is 7.81. The highest BCUT2D eigenvalue weighted by Crippen LogP contribution is 2.33. The number of methoxy groups -OCH3 is 1. The lowest BCUT2D eigenvalue weighted by Crippen LogP contribution is -2.23. The largest absolute Gasteiger partial charge is 0.497 e. The van der Waals surface area contributed by atoms with Crippen molar-refractivity contribution in [2.45, 2.75) is 6.18 Å². The van der Waals surface area contributed by atoms with E-state index >= 15 is 0 Å². The highest BCUT2D eigenvalue weighted by Gasteiger charge is 2.31. The molecule has 140 valence electrons. The minimum absolute atomic E-state index is 0.0447. The van der Waals surface area contributed by atoms with Crippen LogP contribution in [0.1, 0.15) is 5.56 Å². The number of hydrogen-bond donors (Lipinski definition) is 2. The van der Waals surface area contributed by atoms with Gasteiger partial charge >= 0.3 is 6.18 Å². The molecule has 26 heavy (non-hydrogen) atoms. The Kier molecular flexibility index (Phi) is 6.51. The predicted molar refractivity (Wildman–Crippen MR) is 92.9 cm³/mol. The maximum atomic E-state index is 12.5. The van der Waals surface area contributed by atoms with Gasteiger partial charge in [0.25, 0.3) is 0 Å². The fourth-order valence-corrected chi connectivity index (χ4v) is 2.08. The number of ether oxygens (including phenoxy) is 2. The number of alkyl halides is 3. The van der Waals surface area contributed by atoms with Gasteiger partial charge in [-0.05, 0) is 30.3 Å². The van der Waals surface area contributed by atoms with E-state index in [1.54, 1.807) is 31.4 Å². The zero-order valence-corrected chi connectivity index (χ0v) is 14.4. The summed E-state index contributed by atoms with van der Waals surface area (Å²) in [6.07, 6.45) is -3.86. The SMILES string of the molecule is COc1ccc(NC(N)=NCCOc2ncc(C(F)(F)F)cc2Cl)cc1. The molecular weight excluding hydrogens is 373 g/mol. The zero-order chi connectivity index (χ0) is 19.2. The Labute approximate surface area is 152 Å². The fraction of sp³-hybridized carbons (Fsp3) is 0.250. The molecule has 0 unspecified atom stereocenters. The average molecular weight is 389 g/mol. The Hall–Kier alpha value is -2.68. The molecule has 0 amide bonds. The molecule has 0 spiro atoms. The molecule has 0 atom stereocenters. The maximum absolute atomic E-state index is 12.5. The molecule has 1 heterocycles. The maximum Gasteiger partial charge on any atom is 0.417 e. The molecule has 0 saturated carbocycles. The second-order valence-electron chi connectivity index (χ2n) is 4.98. The van der Waals surface area contributed by atoms with E-state index in [0.29, 0.717) is 11.9 Å². The first kappa shape index (κ1) is 19.6. The number of halogens is 4. The van der Waals surface area contributed by atoms with E-state index in [1.165, 1.54) is 0 Å². The van der Waals surface area contributed by atoms with Gasteiger partial charge in [-0.2, -0.15) is 13.2 Å². The lowest BCUT2D eigenvalue weighted by molar-refractivity contribution is -0.137. The summed E-state index contributed by atoms with van der Waals surface area (Å²) in [5.74, 6) is 0.766. The first-order chi connectivity index (χ1) is 12.3. The third kappa shape index (κ3) is 5.69. The van der Waals surface area contributed by atoms with Gasteiger partial charge in [-0.3, -0.25) is 0 Å². The van der Waals surface area contributed by atoms with E-state index in [9.17, 15) is 13.2 Å². The number of nitrogens with one attached hydrogen (secondary N) is 1. The van der Waals surface area contributed by atoms with Gasteiger partial charge in [0.15, 0.2) is 5.96 Å². The van der Waals surface area contributed by atoms with E-state index < -0.39 is 11.7 Å². The molecule has 0 saturated heterocycles. The summed E-state index contributed by atoms with van der Waals surface area (Å²) in [5.41, 5.74) is 5.52. The number of pyridine rings is 1. The van der Waals surface area contributed by atoms with E-state index in [2.05, 4.69) is 15.3 Å². The molecule has 2 aromatic rings. The van der Waals surface area contributed by atoms with Crippen LogP contribution in [0.4, 0.5) is 18.9 Å². The molecule has 1 aromatic carbocycles. The Balaban J connectivity index is 1.84. The van der Waals surface area contributed by atoms with Crippen molar-refractivity contribution in [1.29, 1.82) is 0 Å². The van der Waals surface area contributed by atoms with Crippen LogP contribution in [-0.2, 0) is 6.18 Å². The highest BCUT2D eigenvalue weighted by atomic mass is 35.5. The van der Waals surface area contributed by atoms with E-state index in [4.69, 9.17) is 26.8 Å². The number of rotatable bonds is 6. The summed E-state index contributed by atoms with van der Waals surface area (Å²) < 4.78 is 47.9. The number of guanidine groups is 1. The summed E-state index contributed by atoms with van der Waals surface area (Å²) >= 11 is 5.74. The second-order valence-corrected chi connectivity index (χ2v) is 5.38. The van der Waals surface area contributed by atoms with Gasteiger partial charge in [-0.25, -0.2) is 9.98 Å². The summed E-state index contributed by atoms with van der Waals surface area (Å²) in [4.78, 5) is 7.60. The van der Waals surface area contributed by atoms with Crippen molar-refractivity contribution in [1.82, 2.24) is 4.98 Å². The molecular formula is C16H16ClF3N4O2. The summed E-state index contributed by atoms with van der Waals surface area (Å²) in [6.45, 7) is 0.205. The minimum atomic E-state index is -4.51. The molecule has 0 fully saturated rings. The summed E-state index contributed by atoms with van der Waals surface area (Å²) in [7, 11) is 1.57. The molecule has 3 N–H and O–H groups in total. The molecule has 2 rings (SSSR count). The van der Waals surface area contributed by atoms with Crippen molar-refractivity contribution in [3.8, 4) is 11.6 Å². The molecule has 0 aliphatic heterocycles. The molecule has 1 aromatic heterocycles. The predicted octanol–water partition coefficient (Wildman–Crippen LogP) is 3.57. The number of hydrogen-bond acceptors (Lipinski definition) is 4. The van der Waals surface area contributed by atoms with Crippen molar-refractivity contribution in [3.05, 3.63) is 47.1 Å². The van der Waals surface area contributed by atoms with Gasteiger partial charge < -0.3 is 20.5 Å². The number of aromatic nitrogens is 1. The first-order valence-electron chi connectivity index (χ1n) is 7.36. The van der Waals surface area contributed by atoms with Crippen LogP contribution in [0.5, 0.6) is 11.6 Å². The molecule has 6 nitrogen and oxygen atoms in total. The number of nitrogens with zero attached hydrogens (tertiary/aromatic N) is 2. The Bertz CT molecular complexity index is 767. The number of nitrogens with two attached hydrogens (primary N) is 1.